The van der Waals surface area contributed by atoms with Gasteiger partial charge in [0.15, 0.2) is 11.7 Å². The second kappa shape index (κ2) is 8.19. The van der Waals surface area contributed by atoms with Crippen molar-refractivity contribution in [3.05, 3.63) is 23.5 Å². The molecule has 0 saturated carbocycles. The first kappa shape index (κ1) is 20.4. The maximum atomic E-state index is 12.6. The molecule has 0 bridgehead atoms. The molecule has 1 atom stereocenters. The number of hydrogen-bond acceptors (Lipinski definition) is 10. The van der Waals surface area contributed by atoms with Crippen LogP contribution in [0.4, 0.5) is 11.8 Å². The van der Waals surface area contributed by atoms with Crippen LogP contribution in [0.5, 0.6) is 0 Å². The number of carbonyl (C=O) groups excluding carboxylic acids is 1. The van der Waals surface area contributed by atoms with E-state index in [2.05, 4.69) is 9.88 Å². The van der Waals surface area contributed by atoms with Gasteiger partial charge in [-0.25, -0.2) is 14.8 Å². The number of rotatable bonds is 5. The molecule has 2 saturated heterocycles. The van der Waals surface area contributed by atoms with Gasteiger partial charge in [0.25, 0.3) is 0 Å². The molecule has 3 aliphatic rings. The van der Waals surface area contributed by atoms with Gasteiger partial charge in [-0.15, -0.1) is 0 Å². The predicted molar refractivity (Wildman–Crippen MR) is 112 cm³/mol. The van der Waals surface area contributed by atoms with Crippen molar-refractivity contribution < 1.29 is 22.9 Å². The van der Waals surface area contributed by atoms with Gasteiger partial charge in [0.05, 0.1) is 35.8 Å². The Labute approximate surface area is 182 Å². The van der Waals surface area contributed by atoms with Crippen LogP contribution >= 0.6 is 0 Å². The molecule has 0 aromatic carbocycles. The van der Waals surface area contributed by atoms with Gasteiger partial charge in [-0.3, -0.25) is 4.21 Å². The number of carbonyl (C=O) groups is 1. The molecular weight excluding hydrogens is 422 g/mol. The van der Waals surface area contributed by atoms with Gasteiger partial charge < -0.3 is 23.7 Å². The quantitative estimate of drug-likeness (QED) is 0.618. The number of anilines is 2. The fraction of sp³-hybridized carbons (Fsp3) is 0.600. The molecule has 5 rings (SSSR count). The van der Waals surface area contributed by atoms with E-state index in [-0.39, 0.29) is 11.9 Å². The summed E-state index contributed by atoms with van der Waals surface area (Å²) in [6.45, 7) is 4.13. The molecule has 1 unspecified atom stereocenters. The Morgan fingerprint density at radius 1 is 1.29 bits per heavy atom. The highest BCUT2D eigenvalue weighted by atomic mass is 32.2. The summed E-state index contributed by atoms with van der Waals surface area (Å²) < 4.78 is 28.8. The van der Waals surface area contributed by atoms with E-state index >= 15 is 0 Å². The molecule has 2 aromatic rings. The van der Waals surface area contributed by atoms with Gasteiger partial charge in [0.1, 0.15) is 11.0 Å². The Morgan fingerprint density at radius 2 is 2.06 bits per heavy atom. The number of esters is 1. The standard InChI is InChI=1S/C20H25N5O5S/c1-12-21-9-16(29-12)19(26)30-14-10-25(11-14)20-22-15-5-8-31(27)17(15)18(23-20)24(2)13-3-6-28-7-4-13/h9,13-14H,3-8,10-11H2,1-2H3. The van der Waals surface area contributed by atoms with E-state index in [0.29, 0.717) is 43.1 Å². The average molecular weight is 448 g/mol. The average Bonchev–Trinajstić information content (AvgIpc) is 3.35. The highest BCUT2D eigenvalue weighted by Gasteiger charge is 2.36. The minimum atomic E-state index is -1.08. The topological polar surface area (TPSA) is 111 Å². The third-order valence-corrected chi connectivity index (χ3v) is 7.41. The van der Waals surface area contributed by atoms with Crippen molar-refractivity contribution in [1.82, 2.24) is 15.0 Å². The lowest BCUT2D eigenvalue weighted by molar-refractivity contribution is 0.0195. The SMILES string of the molecule is Cc1ncc(C(=O)OC2CN(c3nc4c(c(N(C)C5CCOCC5)n3)S(=O)CC4)C2)o1. The van der Waals surface area contributed by atoms with Gasteiger partial charge in [0.2, 0.25) is 11.7 Å². The lowest BCUT2D eigenvalue weighted by atomic mass is 10.1. The van der Waals surface area contributed by atoms with Crippen molar-refractivity contribution in [2.24, 2.45) is 0 Å². The summed E-state index contributed by atoms with van der Waals surface area (Å²) in [4.78, 5) is 30.5. The van der Waals surface area contributed by atoms with E-state index < -0.39 is 16.8 Å². The first-order valence-corrected chi connectivity index (χ1v) is 11.8. The van der Waals surface area contributed by atoms with Crippen LogP contribution in [0.25, 0.3) is 0 Å². The van der Waals surface area contributed by atoms with Crippen LogP contribution in [-0.2, 0) is 26.7 Å². The predicted octanol–water partition coefficient (Wildman–Crippen LogP) is 1.10. The number of hydrogen-bond donors (Lipinski definition) is 0. The fourth-order valence-corrected chi connectivity index (χ4v) is 5.52. The number of fused-ring (bicyclic) bond motifs is 1. The van der Waals surface area contributed by atoms with Crippen molar-refractivity contribution >= 4 is 28.5 Å². The molecule has 5 heterocycles. The minimum absolute atomic E-state index is 0.104. The van der Waals surface area contributed by atoms with Crippen molar-refractivity contribution in [1.29, 1.82) is 0 Å². The second-order valence-corrected chi connectivity index (χ2v) is 9.56. The summed E-state index contributed by atoms with van der Waals surface area (Å²) in [7, 11) is 0.936. The van der Waals surface area contributed by atoms with E-state index in [1.54, 1.807) is 6.92 Å². The van der Waals surface area contributed by atoms with Gasteiger partial charge in [0, 0.05) is 45.4 Å². The third-order valence-electron chi connectivity index (χ3n) is 5.96. The van der Waals surface area contributed by atoms with E-state index in [0.717, 1.165) is 42.5 Å². The van der Waals surface area contributed by atoms with E-state index in [1.807, 2.05) is 11.9 Å². The Balaban J connectivity index is 1.31. The van der Waals surface area contributed by atoms with E-state index in [4.69, 9.17) is 23.9 Å². The highest BCUT2D eigenvalue weighted by molar-refractivity contribution is 7.85. The van der Waals surface area contributed by atoms with Crippen LogP contribution in [0.15, 0.2) is 15.5 Å². The van der Waals surface area contributed by atoms with Crippen molar-refractivity contribution in [2.45, 2.75) is 43.2 Å². The van der Waals surface area contributed by atoms with Gasteiger partial charge in [-0.05, 0) is 12.8 Å². The van der Waals surface area contributed by atoms with Gasteiger partial charge >= 0.3 is 5.97 Å². The van der Waals surface area contributed by atoms with Crippen LogP contribution < -0.4 is 9.80 Å². The number of aryl methyl sites for hydroxylation is 2. The van der Waals surface area contributed by atoms with E-state index in [9.17, 15) is 9.00 Å². The van der Waals surface area contributed by atoms with Crippen LogP contribution in [0.2, 0.25) is 0 Å². The summed E-state index contributed by atoms with van der Waals surface area (Å²) in [6, 6.07) is 0.300. The molecule has 10 nitrogen and oxygen atoms in total. The Bertz CT molecular complexity index is 1020. The molecule has 166 valence electrons. The summed E-state index contributed by atoms with van der Waals surface area (Å²) in [6.07, 6.45) is 3.63. The maximum absolute atomic E-state index is 12.6. The van der Waals surface area contributed by atoms with E-state index in [1.165, 1.54) is 6.20 Å². The van der Waals surface area contributed by atoms with Crippen LogP contribution in [-0.4, -0.2) is 76.4 Å². The summed E-state index contributed by atoms with van der Waals surface area (Å²) in [5, 5.41) is 0. The third kappa shape index (κ3) is 3.91. The molecule has 0 aliphatic carbocycles. The lowest BCUT2D eigenvalue weighted by Gasteiger charge is -2.39. The molecule has 0 radical (unpaired) electrons. The molecule has 2 fully saturated rings. The molecule has 0 spiro atoms. The Hall–Kier alpha value is -2.53. The molecule has 2 aromatic heterocycles. The molecule has 3 aliphatic heterocycles. The smallest absolute Gasteiger partial charge is 0.376 e. The number of ether oxygens (including phenoxy) is 2. The molecule has 31 heavy (non-hydrogen) atoms. The molecule has 0 N–H and O–H groups in total. The summed E-state index contributed by atoms with van der Waals surface area (Å²) in [5.74, 6) is 1.93. The van der Waals surface area contributed by atoms with Crippen molar-refractivity contribution in [2.75, 3.05) is 48.9 Å². The largest absolute Gasteiger partial charge is 0.453 e. The lowest BCUT2D eigenvalue weighted by Crippen LogP contribution is -2.54. The molecular formula is C20H25N5O5S. The zero-order chi connectivity index (χ0) is 21.5. The summed E-state index contributed by atoms with van der Waals surface area (Å²) in [5.41, 5.74) is 0.856. The zero-order valence-electron chi connectivity index (χ0n) is 17.6. The van der Waals surface area contributed by atoms with Crippen LogP contribution in [0.3, 0.4) is 0 Å². The maximum Gasteiger partial charge on any atom is 0.376 e. The van der Waals surface area contributed by atoms with Crippen LogP contribution in [0.1, 0.15) is 35.0 Å². The second-order valence-electron chi connectivity index (χ2n) is 8.05. The summed E-state index contributed by atoms with van der Waals surface area (Å²) >= 11 is 0. The first-order valence-electron chi connectivity index (χ1n) is 10.5. The monoisotopic (exact) mass is 447 g/mol. The van der Waals surface area contributed by atoms with Crippen molar-refractivity contribution in [3.8, 4) is 0 Å². The highest BCUT2D eigenvalue weighted by Crippen LogP contribution is 2.34. The Kier molecular flexibility index (Phi) is 5.39. The van der Waals surface area contributed by atoms with Gasteiger partial charge in [-0.2, -0.15) is 4.98 Å². The molecule has 0 amide bonds. The fourth-order valence-electron chi connectivity index (χ4n) is 4.13. The van der Waals surface area contributed by atoms with Crippen molar-refractivity contribution in [3.63, 3.8) is 0 Å². The van der Waals surface area contributed by atoms with Gasteiger partial charge in [-0.1, -0.05) is 0 Å². The Morgan fingerprint density at radius 3 is 2.77 bits per heavy atom. The van der Waals surface area contributed by atoms with Crippen LogP contribution in [0, 0.1) is 6.92 Å². The first-order chi connectivity index (χ1) is 15.0. The number of nitrogens with zero attached hydrogens (tertiary/aromatic N) is 5. The number of aromatic nitrogens is 3. The number of oxazole rings is 1. The normalized spacial score (nSPS) is 21.6. The minimum Gasteiger partial charge on any atom is -0.453 e. The zero-order valence-corrected chi connectivity index (χ0v) is 18.4. The molecule has 11 heteroatoms.